The molecule has 1 atom stereocenters. The van der Waals surface area contributed by atoms with Crippen molar-refractivity contribution in [1.82, 2.24) is 10.2 Å². The van der Waals surface area contributed by atoms with Crippen LogP contribution in [0.5, 0.6) is 5.75 Å². The van der Waals surface area contributed by atoms with Crippen molar-refractivity contribution in [2.75, 3.05) is 13.7 Å². The molecular formula is C21H26N2O3. The minimum Gasteiger partial charge on any atom is -0.497 e. The molecule has 0 fully saturated rings. The summed E-state index contributed by atoms with van der Waals surface area (Å²) in [6.45, 7) is 4.16. The van der Waals surface area contributed by atoms with E-state index < -0.39 is 6.04 Å². The number of ether oxygens (including phenoxy) is 1. The molecule has 0 saturated heterocycles. The van der Waals surface area contributed by atoms with Gasteiger partial charge in [-0.1, -0.05) is 42.5 Å². The first-order valence-corrected chi connectivity index (χ1v) is 8.73. The smallest absolute Gasteiger partial charge is 0.242 e. The van der Waals surface area contributed by atoms with Crippen LogP contribution in [0.1, 0.15) is 25.0 Å². The lowest BCUT2D eigenvalue weighted by Crippen LogP contribution is -2.47. The summed E-state index contributed by atoms with van der Waals surface area (Å²) in [5.74, 6) is 0.478. The molecule has 0 aliphatic carbocycles. The van der Waals surface area contributed by atoms with Gasteiger partial charge in [0.15, 0.2) is 0 Å². The Kier molecular flexibility index (Phi) is 7.21. The Hall–Kier alpha value is -2.82. The van der Waals surface area contributed by atoms with Crippen molar-refractivity contribution in [1.29, 1.82) is 0 Å². The third-order valence-electron chi connectivity index (χ3n) is 4.32. The summed E-state index contributed by atoms with van der Waals surface area (Å²) >= 11 is 0. The number of nitrogens with one attached hydrogen (secondary N) is 1. The monoisotopic (exact) mass is 354 g/mol. The molecule has 0 spiro atoms. The molecule has 2 amide bonds. The van der Waals surface area contributed by atoms with Crippen molar-refractivity contribution < 1.29 is 14.3 Å². The summed E-state index contributed by atoms with van der Waals surface area (Å²) in [5, 5.41) is 2.92. The highest BCUT2D eigenvalue weighted by Gasteiger charge is 2.23. The molecule has 2 aromatic rings. The predicted molar refractivity (Wildman–Crippen MR) is 102 cm³/mol. The Bertz CT molecular complexity index is 714. The number of benzene rings is 2. The first-order valence-electron chi connectivity index (χ1n) is 8.73. The van der Waals surface area contributed by atoms with Crippen molar-refractivity contribution >= 4 is 11.8 Å². The largest absolute Gasteiger partial charge is 0.497 e. The molecule has 1 N–H and O–H groups in total. The van der Waals surface area contributed by atoms with Gasteiger partial charge in [-0.15, -0.1) is 0 Å². The van der Waals surface area contributed by atoms with Gasteiger partial charge in [-0.2, -0.15) is 0 Å². The van der Waals surface area contributed by atoms with Gasteiger partial charge in [0.05, 0.1) is 7.11 Å². The van der Waals surface area contributed by atoms with Crippen LogP contribution in [-0.2, 0) is 22.6 Å². The summed E-state index contributed by atoms with van der Waals surface area (Å²) in [4.78, 5) is 26.0. The van der Waals surface area contributed by atoms with Crippen LogP contribution < -0.4 is 10.1 Å². The molecule has 5 heteroatoms. The van der Waals surface area contributed by atoms with E-state index in [2.05, 4.69) is 5.32 Å². The second kappa shape index (κ2) is 9.61. The van der Waals surface area contributed by atoms with Crippen LogP contribution in [-0.4, -0.2) is 36.4 Å². The summed E-state index contributed by atoms with van der Waals surface area (Å²) in [6.07, 6.45) is 0.762. The average molecular weight is 354 g/mol. The van der Waals surface area contributed by atoms with Crippen molar-refractivity contribution in [3.63, 3.8) is 0 Å². The van der Waals surface area contributed by atoms with Gasteiger partial charge in [0.1, 0.15) is 11.8 Å². The molecule has 2 aromatic carbocycles. The van der Waals surface area contributed by atoms with Gasteiger partial charge < -0.3 is 15.0 Å². The van der Waals surface area contributed by atoms with Crippen molar-refractivity contribution in [2.24, 2.45) is 0 Å². The summed E-state index contributed by atoms with van der Waals surface area (Å²) < 4.78 is 5.14. The Morgan fingerprint density at radius 1 is 1.04 bits per heavy atom. The summed E-state index contributed by atoms with van der Waals surface area (Å²) in [5.41, 5.74) is 2.12. The van der Waals surface area contributed by atoms with Crippen LogP contribution >= 0.6 is 0 Å². The zero-order valence-corrected chi connectivity index (χ0v) is 15.6. The van der Waals surface area contributed by atoms with Gasteiger partial charge in [-0.05, 0) is 36.6 Å². The van der Waals surface area contributed by atoms with Crippen LogP contribution in [0.3, 0.4) is 0 Å². The Morgan fingerprint density at radius 3 is 2.27 bits per heavy atom. The first kappa shape index (κ1) is 19.5. The highest BCUT2D eigenvalue weighted by Crippen LogP contribution is 2.14. The van der Waals surface area contributed by atoms with Crippen molar-refractivity contribution in [3.8, 4) is 5.75 Å². The summed E-state index contributed by atoms with van der Waals surface area (Å²) in [7, 11) is 1.61. The van der Waals surface area contributed by atoms with E-state index in [-0.39, 0.29) is 11.8 Å². The zero-order valence-electron chi connectivity index (χ0n) is 15.6. The maximum Gasteiger partial charge on any atom is 0.242 e. The lowest BCUT2D eigenvalue weighted by molar-refractivity contribution is -0.138. The molecule has 5 nitrogen and oxygen atoms in total. The normalized spacial score (nSPS) is 11.5. The number of nitrogens with zero attached hydrogens (tertiary/aromatic N) is 1. The topological polar surface area (TPSA) is 58.6 Å². The van der Waals surface area contributed by atoms with Gasteiger partial charge in [-0.25, -0.2) is 0 Å². The third-order valence-corrected chi connectivity index (χ3v) is 4.32. The van der Waals surface area contributed by atoms with E-state index in [4.69, 9.17) is 4.74 Å². The van der Waals surface area contributed by atoms with Crippen LogP contribution in [0.15, 0.2) is 54.6 Å². The van der Waals surface area contributed by atoms with E-state index in [0.29, 0.717) is 13.1 Å². The number of carbonyl (C=O) groups is 2. The van der Waals surface area contributed by atoms with Crippen molar-refractivity contribution in [2.45, 2.75) is 32.9 Å². The standard InChI is InChI=1S/C21H26N2O3/c1-16(21(25)22-14-13-18-7-5-4-6-8-18)23(17(2)24)15-19-9-11-20(26-3)12-10-19/h4-12,16H,13-15H2,1-3H3,(H,22,25). The third kappa shape index (κ3) is 5.62. The molecule has 1 unspecified atom stereocenters. The lowest BCUT2D eigenvalue weighted by atomic mass is 10.1. The molecule has 0 radical (unpaired) electrons. The van der Waals surface area contributed by atoms with Crippen molar-refractivity contribution in [3.05, 3.63) is 65.7 Å². The Balaban J connectivity index is 1.92. The number of rotatable bonds is 8. The highest BCUT2D eigenvalue weighted by atomic mass is 16.5. The predicted octanol–water partition coefficient (Wildman–Crippen LogP) is 2.79. The molecule has 0 bridgehead atoms. The van der Waals surface area contributed by atoms with Crippen LogP contribution in [0.2, 0.25) is 0 Å². The molecule has 0 aliphatic rings. The minimum atomic E-state index is -0.537. The molecule has 0 aliphatic heterocycles. The van der Waals surface area contributed by atoms with E-state index in [1.54, 1.807) is 18.9 Å². The number of amides is 2. The van der Waals surface area contributed by atoms with E-state index in [9.17, 15) is 9.59 Å². The van der Waals surface area contributed by atoms with E-state index >= 15 is 0 Å². The molecule has 0 saturated carbocycles. The highest BCUT2D eigenvalue weighted by molar-refractivity contribution is 5.86. The quantitative estimate of drug-likeness (QED) is 0.793. The fourth-order valence-corrected chi connectivity index (χ4v) is 2.71. The molecule has 0 aromatic heterocycles. The van der Waals surface area contributed by atoms with Gasteiger partial charge in [0.2, 0.25) is 11.8 Å². The first-order chi connectivity index (χ1) is 12.5. The van der Waals surface area contributed by atoms with Gasteiger partial charge in [0, 0.05) is 20.0 Å². The molecule has 0 heterocycles. The molecular weight excluding hydrogens is 328 g/mol. The van der Waals surface area contributed by atoms with Crippen LogP contribution in [0.25, 0.3) is 0 Å². The number of hydrogen-bond acceptors (Lipinski definition) is 3. The average Bonchev–Trinajstić information content (AvgIpc) is 2.66. The van der Waals surface area contributed by atoms with E-state index in [0.717, 1.165) is 17.7 Å². The molecule has 26 heavy (non-hydrogen) atoms. The Labute approximate surface area is 155 Å². The second-order valence-electron chi connectivity index (χ2n) is 6.20. The number of hydrogen-bond donors (Lipinski definition) is 1. The second-order valence-corrected chi connectivity index (χ2v) is 6.20. The molecule has 138 valence electrons. The maximum atomic E-state index is 12.4. The number of methoxy groups -OCH3 is 1. The zero-order chi connectivity index (χ0) is 18.9. The van der Waals surface area contributed by atoms with Gasteiger partial charge in [0.25, 0.3) is 0 Å². The maximum absolute atomic E-state index is 12.4. The molecule has 2 rings (SSSR count). The van der Waals surface area contributed by atoms with Crippen LogP contribution in [0, 0.1) is 0 Å². The fraction of sp³-hybridized carbons (Fsp3) is 0.333. The van der Waals surface area contributed by atoms with Gasteiger partial charge in [-0.3, -0.25) is 9.59 Å². The summed E-state index contributed by atoms with van der Waals surface area (Å²) in [6, 6.07) is 16.9. The number of carbonyl (C=O) groups excluding carboxylic acids is 2. The SMILES string of the molecule is COc1ccc(CN(C(C)=O)C(C)C(=O)NCCc2ccccc2)cc1. The van der Waals surface area contributed by atoms with E-state index in [1.165, 1.54) is 12.5 Å². The van der Waals surface area contributed by atoms with Crippen LogP contribution in [0.4, 0.5) is 0 Å². The fourth-order valence-electron chi connectivity index (χ4n) is 2.71. The van der Waals surface area contributed by atoms with E-state index in [1.807, 2.05) is 54.6 Å². The van der Waals surface area contributed by atoms with Gasteiger partial charge >= 0.3 is 0 Å². The minimum absolute atomic E-state index is 0.133. The Morgan fingerprint density at radius 2 is 1.69 bits per heavy atom. The lowest BCUT2D eigenvalue weighted by Gasteiger charge is -2.27.